The van der Waals surface area contributed by atoms with E-state index in [9.17, 15) is 4.79 Å². The van der Waals surface area contributed by atoms with Gasteiger partial charge in [0.1, 0.15) is 6.54 Å². The van der Waals surface area contributed by atoms with Gasteiger partial charge in [0.15, 0.2) is 5.96 Å². The van der Waals surface area contributed by atoms with E-state index in [4.69, 9.17) is 0 Å². The van der Waals surface area contributed by atoms with Crippen LogP contribution in [0.15, 0.2) is 35.3 Å². The van der Waals surface area contributed by atoms with Gasteiger partial charge in [-0.2, -0.15) is 0 Å². The molecular formula is C18H29IN4O. The first-order chi connectivity index (χ1) is 11.1. The minimum absolute atomic E-state index is 0. The molecule has 0 saturated carbocycles. The van der Waals surface area contributed by atoms with Crippen molar-refractivity contribution in [2.24, 2.45) is 16.8 Å². The standard InChI is InChI=1S/C18H28N4O.HI/c1-4-19-18(22-12-14(2)10-15(3)13-22)20-11-17(23)21-16-8-6-5-7-9-16;/h5-9,14-15H,4,10-13H2,1-3H3,(H,19,20)(H,21,23);1H. The lowest BCUT2D eigenvalue weighted by atomic mass is 9.92. The van der Waals surface area contributed by atoms with E-state index in [1.165, 1.54) is 6.42 Å². The van der Waals surface area contributed by atoms with E-state index in [1.54, 1.807) is 0 Å². The van der Waals surface area contributed by atoms with E-state index in [-0.39, 0.29) is 36.4 Å². The quantitative estimate of drug-likeness (QED) is 0.426. The average molecular weight is 444 g/mol. The number of nitrogens with one attached hydrogen (secondary N) is 2. The Labute approximate surface area is 162 Å². The van der Waals surface area contributed by atoms with Crippen LogP contribution in [0.25, 0.3) is 0 Å². The molecule has 1 aliphatic heterocycles. The number of anilines is 1. The maximum atomic E-state index is 12.1. The van der Waals surface area contributed by atoms with Crippen molar-refractivity contribution in [3.05, 3.63) is 30.3 Å². The Morgan fingerprint density at radius 1 is 1.21 bits per heavy atom. The number of halogens is 1. The van der Waals surface area contributed by atoms with Gasteiger partial charge in [-0.05, 0) is 37.3 Å². The summed E-state index contributed by atoms with van der Waals surface area (Å²) in [5, 5.41) is 6.18. The molecule has 6 heteroatoms. The van der Waals surface area contributed by atoms with Crippen molar-refractivity contribution in [2.75, 3.05) is 31.5 Å². The smallest absolute Gasteiger partial charge is 0.246 e. The number of rotatable bonds is 4. The van der Waals surface area contributed by atoms with Crippen molar-refractivity contribution in [3.63, 3.8) is 0 Å². The van der Waals surface area contributed by atoms with Gasteiger partial charge < -0.3 is 15.5 Å². The highest BCUT2D eigenvalue weighted by molar-refractivity contribution is 14.0. The third-order valence-electron chi connectivity index (χ3n) is 3.93. The van der Waals surface area contributed by atoms with Gasteiger partial charge in [0.25, 0.3) is 0 Å². The van der Waals surface area contributed by atoms with Crippen LogP contribution in [0.2, 0.25) is 0 Å². The molecule has 1 fully saturated rings. The Morgan fingerprint density at radius 3 is 2.42 bits per heavy atom. The predicted molar refractivity (Wildman–Crippen MR) is 111 cm³/mol. The van der Waals surface area contributed by atoms with Crippen LogP contribution in [0.1, 0.15) is 27.2 Å². The number of carbonyl (C=O) groups excluding carboxylic acids is 1. The molecular weight excluding hydrogens is 415 g/mol. The van der Waals surface area contributed by atoms with E-state index < -0.39 is 0 Å². The summed E-state index contributed by atoms with van der Waals surface area (Å²) in [7, 11) is 0. The number of benzene rings is 1. The van der Waals surface area contributed by atoms with Gasteiger partial charge in [-0.15, -0.1) is 24.0 Å². The van der Waals surface area contributed by atoms with Crippen molar-refractivity contribution in [1.82, 2.24) is 10.2 Å². The van der Waals surface area contributed by atoms with E-state index in [0.717, 1.165) is 31.3 Å². The third kappa shape index (κ3) is 6.67. The highest BCUT2D eigenvalue weighted by Crippen LogP contribution is 2.20. The molecule has 0 aliphatic carbocycles. The fourth-order valence-corrected chi connectivity index (χ4v) is 3.13. The molecule has 0 spiro atoms. The van der Waals surface area contributed by atoms with Crippen LogP contribution in [0.3, 0.4) is 0 Å². The van der Waals surface area contributed by atoms with Crippen LogP contribution in [-0.4, -0.2) is 42.9 Å². The summed E-state index contributed by atoms with van der Waals surface area (Å²) in [4.78, 5) is 18.9. The molecule has 1 aromatic rings. The molecule has 5 nitrogen and oxygen atoms in total. The number of aliphatic imine (C=N–C) groups is 1. The zero-order valence-electron chi connectivity index (χ0n) is 14.8. The third-order valence-corrected chi connectivity index (χ3v) is 3.93. The lowest BCUT2D eigenvalue weighted by Crippen LogP contribution is -2.48. The molecule has 2 unspecified atom stereocenters. The van der Waals surface area contributed by atoms with Gasteiger partial charge in [-0.1, -0.05) is 32.0 Å². The molecule has 1 heterocycles. The minimum atomic E-state index is -0.0929. The van der Waals surface area contributed by atoms with Crippen molar-refractivity contribution in [1.29, 1.82) is 0 Å². The van der Waals surface area contributed by atoms with E-state index in [2.05, 4.69) is 41.3 Å². The second-order valence-electron chi connectivity index (χ2n) is 6.44. The van der Waals surface area contributed by atoms with Gasteiger partial charge >= 0.3 is 0 Å². The SMILES string of the molecule is CCNC(=NCC(=O)Nc1ccccc1)N1CC(C)CC(C)C1.I. The lowest BCUT2D eigenvalue weighted by Gasteiger charge is -2.37. The van der Waals surface area contributed by atoms with E-state index >= 15 is 0 Å². The fraction of sp³-hybridized carbons (Fsp3) is 0.556. The van der Waals surface area contributed by atoms with E-state index in [0.29, 0.717) is 11.8 Å². The molecule has 1 aromatic carbocycles. The number of carbonyl (C=O) groups is 1. The number of piperidine rings is 1. The number of amides is 1. The highest BCUT2D eigenvalue weighted by Gasteiger charge is 2.24. The fourth-order valence-electron chi connectivity index (χ4n) is 3.13. The van der Waals surface area contributed by atoms with Gasteiger partial charge in [-0.3, -0.25) is 4.79 Å². The second-order valence-corrected chi connectivity index (χ2v) is 6.44. The predicted octanol–water partition coefficient (Wildman–Crippen LogP) is 3.19. The van der Waals surface area contributed by atoms with Crippen LogP contribution in [-0.2, 0) is 4.79 Å². The highest BCUT2D eigenvalue weighted by atomic mass is 127. The Kier molecular flexibility index (Phi) is 9.10. The first-order valence-corrected chi connectivity index (χ1v) is 8.46. The number of para-hydroxylation sites is 1. The van der Waals surface area contributed by atoms with Gasteiger partial charge in [0, 0.05) is 25.3 Å². The number of guanidine groups is 1. The number of hydrogen-bond donors (Lipinski definition) is 2. The molecule has 134 valence electrons. The Morgan fingerprint density at radius 2 is 1.83 bits per heavy atom. The number of nitrogens with zero attached hydrogens (tertiary/aromatic N) is 2. The van der Waals surface area contributed by atoms with Crippen molar-refractivity contribution < 1.29 is 4.79 Å². The summed E-state index contributed by atoms with van der Waals surface area (Å²) in [6, 6.07) is 9.48. The lowest BCUT2D eigenvalue weighted by molar-refractivity contribution is -0.114. The summed E-state index contributed by atoms with van der Waals surface area (Å²) in [5.74, 6) is 2.06. The van der Waals surface area contributed by atoms with Gasteiger partial charge in [0.2, 0.25) is 5.91 Å². The maximum absolute atomic E-state index is 12.1. The van der Waals surface area contributed by atoms with E-state index in [1.807, 2.05) is 30.3 Å². The second kappa shape index (κ2) is 10.5. The Balaban J connectivity index is 0.00000288. The van der Waals surface area contributed by atoms with Crippen molar-refractivity contribution in [2.45, 2.75) is 27.2 Å². The molecule has 0 radical (unpaired) electrons. The van der Waals surface area contributed by atoms with Crippen LogP contribution >= 0.6 is 24.0 Å². The summed E-state index contributed by atoms with van der Waals surface area (Å²) >= 11 is 0. The summed E-state index contributed by atoms with van der Waals surface area (Å²) < 4.78 is 0. The normalized spacial score (nSPS) is 21.0. The largest absolute Gasteiger partial charge is 0.357 e. The molecule has 2 atom stereocenters. The molecule has 0 bridgehead atoms. The molecule has 24 heavy (non-hydrogen) atoms. The van der Waals surface area contributed by atoms with Crippen LogP contribution in [0, 0.1) is 11.8 Å². The molecule has 1 amide bonds. The van der Waals surface area contributed by atoms with Crippen molar-refractivity contribution in [3.8, 4) is 0 Å². The van der Waals surface area contributed by atoms with Crippen LogP contribution < -0.4 is 10.6 Å². The topological polar surface area (TPSA) is 56.7 Å². The molecule has 2 rings (SSSR count). The van der Waals surface area contributed by atoms with Gasteiger partial charge in [0.05, 0.1) is 0 Å². The van der Waals surface area contributed by atoms with Crippen molar-refractivity contribution >= 4 is 41.5 Å². The zero-order chi connectivity index (χ0) is 16.7. The molecule has 0 aromatic heterocycles. The zero-order valence-corrected chi connectivity index (χ0v) is 17.1. The maximum Gasteiger partial charge on any atom is 0.246 e. The average Bonchev–Trinajstić information content (AvgIpc) is 2.51. The first-order valence-electron chi connectivity index (χ1n) is 8.46. The summed E-state index contributed by atoms with van der Waals surface area (Å²) in [6.07, 6.45) is 1.25. The summed E-state index contributed by atoms with van der Waals surface area (Å²) in [5.41, 5.74) is 0.804. The van der Waals surface area contributed by atoms with Crippen LogP contribution in [0.4, 0.5) is 5.69 Å². The van der Waals surface area contributed by atoms with Crippen LogP contribution in [0.5, 0.6) is 0 Å². The Hall–Kier alpha value is -1.31. The first kappa shape index (κ1) is 20.7. The summed E-state index contributed by atoms with van der Waals surface area (Å²) in [6.45, 7) is 9.53. The Bertz CT molecular complexity index is 525. The minimum Gasteiger partial charge on any atom is -0.357 e. The molecule has 1 saturated heterocycles. The molecule has 2 N–H and O–H groups in total. The number of hydrogen-bond acceptors (Lipinski definition) is 2. The molecule has 1 aliphatic rings. The van der Waals surface area contributed by atoms with Gasteiger partial charge in [-0.25, -0.2) is 4.99 Å². The monoisotopic (exact) mass is 444 g/mol. The number of likely N-dealkylation sites (tertiary alicyclic amines) is 1.